The maximum Gasteiger partial charge on any atom is 0.435 e. The zero-order valence-electron chi connectivity index (χ0n) is 21.4. The first kappa shape index (κ1) is 31.2. The van der Waals surface area contributed by atoms with Gasteiger partial charge in [0, 0.05) is 28.1 Å². The van der Waals surface area contributed by atoms with Crippen LogP contribution in [0.25, 0.3) is 0 Å². The van der Waals surface area contributed by atoms with Crippen LogP contribution in [0.2, 0.25) is 0 Å². The lowest BCUT2D eigenvalue weighted by Gasteiger charge is -2.43. The van der Waals surface area contributed by atoms with E-state index in [1.165, 1.54) is 19.1 Å². The normalized spacial score (nSPS) is 22.2. The van der Waals surface area contributed by atoms with Crippen molar-refractivity contribution in [1.29, 1.82) is 0 Å². The summed E-state index contributed by atoms with van der Waals surface area (Å²) in [5.41, 5.74) is -7.17. The summed E-state index contributed by atoms with van der Waals surface area (Å²) in [4.78, 5) is 13.3. The third-order valence-electron chi connectivity index (χ3n) is 8.00. The van der Waals surface area contributed by atoms with E-state index in [1.54, 1.807) is 12.1 Å². The topological polar surface area (TPSA) is 54.5 Å². The van der Waals surface area contributed by atoms with Crippen LogP contribution >= 0.6 is 22.6 Å². The van der Waals surface area contributed by atoms with E-state index in [-0.39, 0.29) is 41.1 Å². The maximum absolute atomic E-state index is 14.9. The number of aryl methyl sites for hydroxylation is 1. The highest BCUT2D eigenvalue weighted by Gasteiger charge is 2.73. The van der Waals surface area contributed by atoms with Gasteiger partial charge in [-0.25, -0.2) is 12.8 Å². The smallest absolute Gasteiger partial charge is 0.300 e. The van der Waals surface area contributed by atoms with Gasteiger partial charge in [-0.3, -0.25) is 4.90 Å². The van der Waals surface area contributed by atoms with E-state index in [4.69, 9.17) is 0 Å². The fraction of sp³-hybridized carbons (Fsp3) is 0.519. The Hall–Kier alpha value is -1.74. The molecular formula is C27H27F7INO3S. The molecule has 0 radical (unpaired) electrons. The summed E-state index contributed by atoms with van der Waals surface area (Å²) in [6.07, 6.45) is -10.8. The molecule has 2 aliphatic rings. The molecule has 1 aliphatic heterocycles. The Balaban J connectivity index is 1.85. The maximum atomic E-state index is 14.9. The molecule has 2 atom stereocenters. The number of benzene rings is 2. The highest BCUT2D eigenvalue weighted by molar-refractivity contribution is 14.1. The Bertz CT molecular complexity index is 1360. The van der Waals surface area contributed by atoms with Crippen molar-refractivity contribution in [1.82, 2.24) is 4.90 Å². The van der Waals surface area contributed by atoms with Crippen molar-refractivity contribution < 1.29 is 43.9 Å². The second-order valence-electron chi connectivity index (χ2n) is 10.4. The average Bonchev–Trinajstić information content (AvgIpc) is 3.25. The lowest BCUT2D eigenvalue weighted by molar-refractivity contribution is -0.348. The number of alkyl halides is 7. The van der Waals surface area contributed by atoms with Crippen LogP contribution in [0.4, 0.5) is 30.7 Å². The van der Waals surface area contributed by atoms with Crippen LogP contribution in [0.1, 0.15) is 55.7 Å². The van der Waals surface area contributed by atoms with Crippen molar-refractivity contribution in [2.45, 2.75) is 79.2 Å². The lowest BCUT2D eigenvalue weighted by atomic mass is 9.76. The van der Waals surface area contributed by atoms with E-state index in [9.17, 15) is 43.9 Å². The number of nitrogens with zero attached hydrogens (tertiary/aromatic N) is 1. The van der Waals surface area contributed by atoms with E-state index < -0.39 is 44.2 Å². The van der Waals surface area contributed by atoms with Gasteiger partial charge in [0.15, 0.2) is 9.84 Å². The molecule has 0 amide bonds. The van der Waals surface area contributed by atoms with Gasteiger partial charge in [-0.2, -0.15) is 26.3 Å². The number of hydrogen-bond donors (Lipinski definition) is 0. The third-order valence-corrected chi connectivity index (χ3v) is 11.3. The summed E-state index contributed by atoms with van der Waals surface area (Å²) in [6, 6.07) is 7.35. The monoisotopic (exact) mass is 705 g/mol. The summed E-state index contributed by atoms with van der Waals surface area (Å²) in [6.45, 7) is 2.28. The van der Waals surface area contributed by atoms with Gasteiger partial charge in [0.05, 0.1) is 4.90 Å². The van der Waals surface area contributed by atoms with Crippen LogP contribution in [-0.4, -0.2) is 50.6 Å². The number of ketones is 1. The van der Waals surface area contributed by atoms with Crippen molar-refractivity contribution in [3.63, 3.8) is 0 Å². The Labute approximate surface area is 241 Å². The van der Waals surface area contributed by atoms with Crippen LogP contribution < -0.4 is 0 Å². The van der Waals surface area contributed by atoms with Crippen LogP contribution in [0.3, 0.4) is 0 Å². The lowest BCUT2D eigenvalue weighted by Crippen LogP contribution is -2.52. The number of halogens is 8. The zero-order valence-corrected chi connectivity index (χ0v) is 24.4. The molecule has 2 aromatic rings. The molecule has 220 valence electrons. The highest BCUT2D eigenvalue weighted by Crippen LogP contribution is 2.56. The van der Waals surface area contributed by atoms with E-state index in [0.29, 0.717) is 44.5 Å². The molecule has 0 saturated carbocycles. The Morgan fingerprint density at radius 2 is 1.62 bits per heavy atom. The Kier molecular flexibility index (Phi) is 8.45. The van der Waals surface area contributed by atoms with Gasteiger partial charge < -0.3 is 4.79 Å². The number of hydrogen-bond acceptors (Lipinski definition) is 4. The number of unbranched alkanes of at least 4 members (excludes halogenated alkanes) is 1. The van der Waals surface area contributed by atoms with Gasteiger partial charge in [0.1, 0.15) is 10.5 Å². The van der Waals surface area contributed by atoms with Gasteiger partial charge in [0.25, 0.3) is 0 Å². The quantitative estimate of drug-likeness (QED) is 0.168. The van der Waals surface area contributed by atoms with E-state index in [0.717, 1.165) is 9.64 Å². The largest absolute Gasteiger partial charge is 0.435 e. The predicted octanol–water partition coefficient (Wildman–Crippen LogP) is 7.03. The van der Waals surface area contributed by atoms with Gasteiger partial charge in [-0.05, 0) is 104 Å². The van der Waals surface area contributed by atoms with Crippen LogP contribution in [-0.2, 0) is 31.5 Å². The van der Waals surface area contributed by atoms with Crippen LogP contribution in [0.15, 0.2) is 47.4 Å². The standard InChI is InChI=1S/C27H27F7INO3S/c1-17(37)4-2-3-14-36-15-13-24(40(38,39)21-9-7-20(35)8-10-21)22-11-6-19(16-18(22)5-12-23(24)36)25(28,26(29,30)31)27(32,33)34/h6-11,16,23H,2-5,12-15H2,1H3/t23-,24-/m1/s1. The number of rotatable bonds is 8. The minimum absolute atomic E-state index is 0.0151. The summed E-state index contributed by atoms with van der Waals surface area (Å²) in [7, 11) is -4.21. The SMILES string of the molecule is CC(=O)CCCCN1CC[C@@]2(S(=O)(=O)c3ccc(I)cc3)c3ccc(C(F)(C(F)(F)F)C(F)(F)F)cc3CC[C@@H]12. The number of likely N-dealkylation sites (tertiary alicyclic amines) is 1. The fourth-order valence-electron chi connectivity index (χ4n) is 6.10. The van der Waals surface area contributed by atoms with Gasteiger partial charge in [0.2, 0.25) is 0 Å². The highest BCUT2D eigenvalue weighted by atomic mass is 127. The van der Waals surface area contributed by atoms with Gasteiger partial charge >= 0.3 is 18.0 Å². The summed E-state index contributed by atoms with van der Waals surface area (Å²) >= 11 is 2.01. The molecule has 0 N–H and O–H groups in total. The van der Waals surface area contributed by atoms with Crippen molar-refractivity contribution in [3.05, 3.63) is 62.7 Å². The second-order valence-corrected chi connectivity index (χ2v) is 13.8. The van der Waals surface area contributed by atoms with Crippen LogP contribution in [0.5, 0.6) is 0 Å². The van der Waals surface area contributed by atoms with E-state index in [2.05, 4.69) is 0 Å². The van der Waals surface area contributed by atoms with Crippen molar-refractivity contribution in [2.75, 3.05) is 13.1 Å². The van der Waals surface area contributed by atoms with Crippen LogP contribution in [0, 0.1) is 3.57 Å². The molecule has 0 bridgehead atoms. The predicted molar refractivity (Wildman–Crippen MR) is 142 cm³/mol. The Morgan fingerprint density at radius 3 is 2.20 bits per heavy atom. The first-order chi connectivity index (χ1) is 18.5. The molecule has 40 heavy (non-hydrogen) atoms. The molecule has 0 spiro atoms. The molecule has 1 aliphatic carbocycles. The van der Waals surface area contributed by atoms with Gasteiger partial charge in [-0.1, -0.05) is 18.2 Å². The minimum atomic E-state index is -6.27. The average molecular weight is 705 g/mol. The van der Waals surface area contributed by atoms with Crippen molar-refractivity contribution >= 4 is 38.2 Å². The van der Waals surface area contributed by atoms with Crippen molar-refractivity contribution in [2.24, 2.45) is 0 Å². The minimum Gasteiger partial charge on any atom is -0.300 e. The number of carbonyl (C=O) groups is 1. The summed E-state index contributed by atoms with van der Waals surface area (Å²) < 4.78 is 124. The third kappa shape index (κ3) is 5.07. The fourth-order valence-corrected chi connectivity index (χ4v) is 8.85. The molecule has 4 nitrogen and oxygen atoms in total. The number of sulfone groups is 1. The molecule has 1 heterocycles. The number of Topliss-reactive ketones (excluding diaryl/α,β-unsaturated/α-hetero) is 1. The van der Waals surface area contributed by atoms with E-state index in [1.807, 2.05) is 27.5 Å². The molecule has 0 aromatic heterocycles. The molecule has 1 fully saturated rings. The van der Waals surface area contributed by atoms with Crippen molar-refractivity contribution in [3.8, 4) is 0 Å². The van der Waals surface area contributed by atoms with Gasteiger partial charge in [-0.15, -0.1) is 0 Å². The molecular weight excluding hydrogens is 678 g/mol. The summed E-state index contributed by atoms with van der Waals surface area (Å²) in [5, 5.41) is 0. The first-order valence-electron chi connectivity index (χ1n) is 12.7. The second kappa shape index (κ2) is 10.8. The summed E-state index contributed by atoms with van der Waals surface area (Å²) in [5.74, 6) is 0.0288. The zero-order chi connectivity index (χ0) is 29.7. The molecule has 0 unspecified atom stereocenters. The molecule has 2 aromatic carbocycles. The van der Waals surface area contributed by atoms with E-state index >= 15 is 0 Å². The molecule has 13 heteroatoms. The number of fused-ring (bicyclic) bond motifs is 3. The number of carbonyl (C=O) groups excluding carboxylic acids is 1. The molecule has 1 saturated heterocycles. The first-order valence-corrected chi connectivity index (χ1v) is 15.2. The Morgan fingerprint density at radius 1 is 1.00 bits per heavy atom. The molecule has 4 rings (SSSR count).